The molecule has 0 bridgehead atoms. The highest BCUT2D eigenvalue weighted by atomic mass is 35.5. The fourth-order valence-electron chi connectivity index (χ4n) is 3.07. The monoisotopic (exact) mass is 483 g/mol. The van der Waals surface area contributed by atoms with Crippen LogP contribution in [0.3, 0.4) is 0 Å². The van der Waals surface area contributed by atoms with Crippen LogP contribution in [-0.4, -0.2) is 58.9 Å². The zero-order valence-corrected chi connectivity index (χ0v) is 19.5. The van der Waals surface area contributed by atoms with Crippen LogP contribution in [0.1, 0.15) is 37.7 Å². The molecule has 5 N–H and O–H groups in total. The van der Waals surface area contributed by atoms with Gasteiger partial charge in [0.15, 0.2) is 0 Å². The van der Waals surface area contributed by atoms with Crippen molar-refractivity contribution in [3.63, 3.8) is 0 Å². The van der Waals surface area contributed by atoms with Crippen molar-refractivity contribution < 1.29 is 28.3 Å². The summed E-state index contributed by atoms with van der Waals surface area (Å²) in [7, 11) is 1.51. The van der Waals surface area contributed by atoms with Crippen molar-refractivity contribution >= 4 is 46.1 Å². The highest BCUT2D eigenvalue weighted by Gasteiger charge is 2.35. The average Bonchev–Trinajstić information content (AvgIpc) is 3.17. The number of ether oxygens (including phenoxy) is 1. The fourth-order valence-corrected chi connectivity index (χ4v) is 3.19. The van der Waals surface area contributed by atoms with E-state index in [1.165, 1.54) is 7.11 Å². The molecule has 0 fully saturated rings. The summed E-state index contributed by atoms with van der Waals surface area (Å²) in [6.45, 7) is 4.70. The summed E-state index contributed by atoms with van der Waals surface area (Å²) >= 11 is 5.21. The topological polar surface area (TPSA) is 147 Å². The maximum absolute atomic E-state index is 13.4. The summed E-state index contributed by atoms with van der Waals surface area (Å²) in [6.07, 6.45) is -0.334. The summed E-state index contributed by atoms with van der Waals surface area (Å²) in [5.74, 6) is -2.85. The van der Waals surface area contributed by atoms with Crippen LogP contribution >= 0.6 is 11.6 Å². The number of amides is 4. The number of nitrogens with one attached hydrogen (secondary N) is 3. The van der Waals surface area contributed by atoms with Gasteiger partial charge in [0.1, 0.15) is 17.5 Å². The molecule has 0 aliphatic rings. The van der Waals surface area contributed by atoms with Gasteiger partial charge in [0.25, 0.3) is 23.4 Å². The predicted molar refractivity (Wildman–Crippen MR) is 120 cm³/mol. The van der Waals surface area contributed by atoms with E-state index in [0.717, 1.165) is 0 Å². The molecule has 1 aromatic carbocycles. The second-order valence-corrected chi connectivity index (χ2v) is 8.74. The molecular weight excluding hydrogens is 457 g/mol. The number of halogens is 2. The molecule has 2 rings (SSSR count). The van der Waals surface area contributed by atoms with E-state index >= 15 is 0 Å². The summed E-state index contributed by atoms with van der Waals surface area (Å²) in [6, 6.07) is 5.72. The first-order valence-corrected chi connectivity index (χ1v) is 10.4. The van der Waals surface area contributed by atoms with Crippen LogP contribution < -0.4 is 21.2 Å². The smallest absolute Gasteiger partial charge is 0.291 e. The highest BCUT2D eigenvalue weighted by molar-refractivity contribution is 6.29. The normalized spacial score (nSPS) is 13.2. The van der Waals surface area contributed by atoms with Crippen molar-refractivity contribution in [1.29, 1.82) is 0 Å². The van der Waals surface area contributed by atoms with E-state index in [0.29, 0.717) is 21.7 Å². The van der Waals surface area contributed by atoms with E-state index in [1.807, 2.05) is 0 Å². The van der Waals surface area contributed by atoms with Crippen LogP contribution in [0.5, 0.6) is 5.75 Å². The van der Waals surface area contributed by atoms with Crippen molar-refractivity contribution in [1.82, 2.24) is 20.7 Å². The molecule has 10 nitrogen and oxygen atoms in total. The molecule has 33 heavy (non-hydrogen) atoms. The molecule has 2 atom stereocenters. The van der Waals surface area contributed by atoms with Crippen LogP contribution in [-0.2, 0) is 14.4 Å². The number of aromatic nitrogens is 1. The van der Waals surface area contributed by atoms with Crippen molar-refractivity contribution in [2.24, 2.45) is 11.1 Å². The number of benzene rings is 1. The van der Waals surface area contributed by atoms with Gasteiger partial charge >= 0.3 is 0 Å². The second-order valence-electron chi connectivity index (χ2n) is 8.36. The number of methoxy groups -OCH3 is 1. The minimum atomic E-state index is -2.44. The first kappa shape index (κ1) is 25.9. The third-order valence-corrected chi connectivity index (χ3v) is 4.96. The van der Waals surface area contributed by atoms with Crippen LogP contribution in [0, 0.1) is 5.41 Å². The molecule has 12 heteroatoms. The lowest BCUT2D eigenvalue weighted by molar-refractivity contribution is -0.145. The molecular formula is C21H27ClFN5O5. The van der Waals surface area contributed by atoms with Gasteiger partial charge in [-0.1, -0.05) is 38.4 Å². The first-order chi connectivity index (χ1) is 15.3. The van der Waals surface area contributed by atoms with Gasteiger partial charge < -0.3 is 20.8 Å². The predicted octanol–water partition coefficient (Wildman–Crippen LogP) is 1.59. The number of fused-ring (bicyclic) bond motifs is 1. The molecule has 0 aliphatic carbocycles. The number of aromatic amines is 1. The van der Waals surface area contributed by atoms with Gasteiger partial charge in [-0.3, -0.25) is 24.6 Å². The number of carbonyl (C=O) groups excluding carboxylic acids is 4. The van der Waals surface area contributed by atoms with E-state index in [1.54, 1.807) is 45.0 Å². The van der Waals surface area contributed by atoms with Crippen molar-refractivity contribution in [2.75, 3.05) is 13.7 Å². The van der Waals surface area contributed by atoms with E-state index in [9.17, 15) is 23.6 Å². The molecule has 0 spiro atoms. The number of H-pyrrole nitrogens is 1. The zero-order chi connectivity index (χ0) is 24.9. The van der Waals surface area contributed by atoms with Crippen LogP contribution in [0.25, 0.3) is 10.9 Å². The average molecular weight is 484 g/mol. The summed E-state index contributed by atoms with van der Waals surface area (Å²) in [5, 5.41) is 3.89. The third-order valence-electron chi connectivity index (χ3n) is 4.77. The van der Waals surface area contributed by atoms with E-state index in [2.05, 4.69) is 15.7 Å². The Labute approximate surface area is 194 Å². The Kier molecular flexibility index (Phi) is 8.26. The maximum Gasteiger partial charge on any atom is 0.291 e. The quantitative estimate of drug-likeness (QED) is 0.332. The third kappa shape index (κ3) is 6.58. The fraction of sp³-hybridized carbons (Fsp3) is 0.429. The number of alkyl halides is 2. The van der Waals surface area contributed by atoms with Gasteiger partial charge in [-0.25, -0.2) is 9.40 Å². The van der Waals surface area contributed by atoms with Gasteiger partial charge in [0.2, 0.25) is 5.91 Å². The second kappa shape index (κ2) is 10.5. The molecule has 1 heterocycles. The molecule has 0 radical (unpaired) electrons. The molecule has 1 aromatic heterocycles. The maximum atomic E-state index is 13.4. The Morgan fingerprint density at radius 2 is 1.94 bits per heavy atom. The summed E-state index contributed by atoms with van der Waals surface area (Å²) < 4.78 is 18.7. The number of hydrogen-bond donors (Lipinski definition) is 4. The largest absolute Gasteiger partial charge is 0.496 e. The Morgan fingerprint density at radius 1 is 1.27 bits per heavy atom. The Balaban J connectivity index is 2.26. The molecule has 180 valence electrons. The Morgan fingerprint density at radius 3 is 2.48 bits per heavy atom. The lowest BCUT2D eigenvalue weighted by Gasteiger charge is -2.32. The lowest BCUT2D eigenvalue weighted by Crippen LogP contribution is -2.59. The van der Waals surface area contributed by atoms with Crippen LogP contribution in [0.15, 0.2) is 24.3 Å². The van der Waals surface area contributed by atoms with Crippen molar-refractivity contribution in [2.45, 2.75) is 38.9 Å². The van der Waals surface area contributed by atoms with E-state index in [-0.39, 0.29) is 18.7 Å². The van der Waals surface area contributed by atoms with Gasteiger partial charge in [-0.2, -0.15) is 0 Å². The highest BCUT2D eigenvalue weighted by Crippen LogP contribution is 2.26. The Bertz CT molecular complexity index is 1050. The number of rotatable bonds is 8. The first-order valence-electron chi connectivity index (χ1n) is 10.00. The number of nitrogens with two attached hydrogens (primary N) is 1. The zero-order valence-electron chi connectivity index (χ0n) is 18.7. The number of hydrazine groups is 1. The number of primary amides is 1. The molecule has 4 amide bonds. The van der Waals surface area contributed by atoms with Crippen molar-refractivity contribution in [3.05, 3.63) is 30.0 Å². The number of hydrogen-bond acceptors (Lipinski definition) is 5. The molecule has 0 saturated carbocycles. The minimum absolute atomic E-state index is 0.183. The van der Waals surface area contributed by atoms with Crippen molar-refractivity contribution in [3.8, 4) is 5.75 Å². The number of nitrogens with zero attached hydrogens (tertiary/aromatic N) is 1. The molecule has 1 unspecified atom stereocenters. The molecule has 2 aromatic rings. The summed E-state index contributed by atoms with van der Waals surface area (Å²) in [4.78, 5) is 52.0. The minimum Gasteiger partial charge on any atom is -0.496 e. The van der Waals surface area contributed by atoms with Gasteiger partial charge in [-0.05, 0) is 23.6 Å². The van der Waals surface area contributed by atoms with Gasteiger partial charge in [-0.15, -0.1) is 0 Å². The van der Waals surface area contributed by atoms with E-state index < -0.39 is 40.7 Å². The van der Waals surface area contributed by atoms with Gasteiger partial charge in [0, 0.05) is 17.3 Å². The number of carbonyl (C=O) groups is 4. The SMILES string of the molecule is COc1cccc2[nH]c(C(=O)N[C@H](C(=O)NN(CCC(N)=O)C(=O)C(F)Cl)C(C)(C)C)cc12. The standard InChI is InChI=1S/C21H27ClFN5O5/c1-21(2,3)16(19(31)27-28(9-8-15(24)29)20(32)17(22)23)26-18(30)13-10-11-12(25-13)6-5-7-14(11)33-4/h5-7,10,16-17,25H,8-9H2,1-4H3,(H2,24,29)(H,26,30)(H,27,31)/t16-,17?/m1/s1. The Hall–Kier alpha value is -3.34. The summed E-state index contributed by atoms with van der Waals surface area (Å²) in [5.41, 5.74) is 4.90. The van der Waals surface area contributed by atoms with Crippen LogP contribution in [0.4, 0.5) is 4.39 Å². The van der Waals surface area contributed by atoms with Crippen LogP contribution in [0.2, 0.25) is 0 Å². The molecule has 0 aliphatic heterocycles. The molecule has 0 saturated heterocycles. The van der Waals surface area contributed by atoms with Gasteiger partial charge in [0.05, 0.1) is 13.7 Å². The lowest BCUT2D eigenvalue weighted by atomic mass is 9.86. The van der Waals surface area contributed by atoms with E-state index in [4.69, 9.17) is 22.1 Å².